The van der Waals surface area contributed by atoms with Crippen LogP contribution >= 0.6 is 11.6 Å². The lowest BCUT2D eigenvalue weighted by molar-refractivity contribution is 0.0961. The first-order chi connectivity index (χ1) is 11.2. The van der Waals surface area contributed by atoms with Crippen molar-refractivity contribution in [2.75, 3.05) is 0 Å². The van der Waals surface area contributed by atoms with Crippen LogP contribution in [0.25, 0.3) is 11.4 Å². The average Bonchev–Trinajstić information content (AvgIpc) is 3.03. The maximum absolute atomic E-state index is 12.3. The van der Waals surface area contributed by atoms with Crippen LogP contribution in [0.2, 0.25) is 5.02 Å². The molecule has 0 aliphatic carbocycles. The van der Waals surface area contributed by atoms with Gasteiger partial charge in [0.2, 0.25) is 5.82 Å². The van der Waals surface area contributed by atoms with Crippen molar-refractivity contribution in [3.8, 4) is 11.4 Å². The molecule has 0 radical (unpaired) electrons. The van der Waals surface area contributed by atoms with Crippen LogP contribution in [0.3, 0.4) is 0 Å². The van der Waals surface area contributed by atoms with Gasteiger partial charge < -0.3 is 0 Å². The number of aromatic nitrogens is 4. The zero-order valence-electron chi connectivity index (χ0n) is 12.6. The van der Waals surface area contributed by atoms with E-state index in [0.717, 1.165) is 12.0 Å². The first-order valence-electron chi connectivity index (χ1n) is 7.31. The Morgan fingerprint density at radius 1 is 1.17 bits per heavy atom. The molecule has 0 aliphatic rings. The van der Waals surface area contributed by atoms with E-state index in [0.29, 0.717) is 16.4 Å². The Kier molecular flexibility index (Phi) is 4.48. The van der Waals surface area contributed by atoms with Crippen molar-refractivity contribution in [3.63, 3.8) is 0 Å². The third-order valence-electron chi connectivity index (χ3n) is 3.50. The van der Waals surface area contributed by atoms with Gasteiger partial charge in [0.05, 0.1) is 0 Å². The van der Waals surface area contributed by atoms with Gasteiger partial charge in [-0.1, -0.05) is 54.9 Å². The highest BCUT2D eigenvalue weighted by Crippen LogP contribution is 2.18. The van der Waals surface area contributed by atoms with Crippen LogP contribution in [0.15, 0.2) is 48.5 Å². The van der Waals surface area contributed by atoms with E-state index < -0.39 is 0 Å². The summed E-state index contributed by atoms with van der Waals surface area (Å²) >= 11 is 5.95. The van der Waals surface area contributed by atoms with Crippen LogP contribution in [0.4, 0.5) is 0 Å². The molecule has 1 aromatic heterocycles. The van der Waals surface area contributed by atoms with Gasteiger partial charge in [-0.15, -0.1) is 10.2 Å². The number of hydrogen-bond donors (Lipinski definition) is 0. The summed E-state index contributed by atoms with van der Waals surface area (Å²) in [6, 6.07) is 14.8. The van der Waals surface area contributed by atoms with Crippen molar-refractivity contribution in [2.24, 2.45) is 0 Å². The summed E-state index contributed by atoms with van der Waals surface area (Å²) in [5.74, 6) is 0.393. The van der Waals surface area contributed by atoms with Crippen molar-refractivity contribution in [1.82, 2.24) is 20.2 Å². The van der Waals surface area contributed by atoms with Gasteiger partial charge in [-0.3, -0.25) is 4.79 Å². The predicted octanol–water partition coefficient (Wildman–Crippen LogP) is 3.44. The molecule has 0 unspecified atom stereocenters. The van der Waals surface area contributed by atoms with Crippen molar-refractivity contribution < 1.29 is 4.79 Å². The number of benzene rings is 2. The average molecular weight is 327 g/mol. The van der Waals surface area contributed by atoms with Crippen molar-refractivity contribution in [2.45, 2.75) is 19.9 Å². The lowest BCUT2D eigenvalue weighted by atomic mass is 10.1. The maximum Gasteiger partial charge on any atom is 0.204 e. The third kappa shape index (κ3) is 3.63. The number of Topliss-reactive ketones (excluding diaryl/α,β-unsaturated/α-hetero) is 1. The number of aryl methyl sites for hydroxylation is 1. The second kappa shape index (κ2) is 6.71. The number of halogens is 1. The molecule has 0 bridgehead atoms. The normalized spacial score (nSPS) is 10.7. The maximum atomic E-state index is 12.3. The smallest absolute Gasteiger partial charge is 0.204 e. The van der Waals surface area contributed by atoms with Crippen molar-refractivity contribution in [1.29, 1.82) is 0 Å². The molecular formula is C17H15ClN4O. The molecule has 23 heavy (non-hydrogen) atoms. The van der Waals surface area contributed by atoms with Crippen LogP contribution in [-0.2, 0) is 13.0 Å². The number of nitrogens with zero attached hydrogens (tertiary/aromatic N) is 4. The Labute approximate surface area is 138 Å². The molecule has 3 aromatic rings. The quantitative estimate of drug-likeness (QED) is 0.674. The van der Waals surface area contributed by atoms with E-state index in [1.54, 1.807) is 12.1 Å². The minimum Gasteiger partial charge on any atom is -0.292 e. The second-order valence-electron chi connectivity index (χ2n) is 5.13. The lowest BCUT2D eigenvalue weighted by Gasteiger charge is -2.01. The van der Waals surface area contributed by atoms with E-state index in [1.165, 1.54) is 10.4 Å². The van der Waals surface area contributed by atoms with E-state index in [1.807, 2.05) is 36.4 Å². The molecule has 3 rings (SSSR count). The molecule has 1 heterocycles. The number of hydrogen-bond acceptors (Lipinski definition) is 4. The van der Waals surface area contributed by atoms with E-state index in [-0.39, 0.29) is 12.3 Å². The zero-order chi connectivity index (χ0) is 16.2. The van der Waals surface area contributed by atoms with Gasteiger partial charge in [-0.25, -0.2) is 0 Å². The van der Waals surface area contributed by atoms with Crippen LogP contribution < -0.4 is 0 Å². The fraction of sp³-hybridized carbons (Fsp3) is 0.176. The van der Waals surface area contributed by atoms with Gasteiger partial charge in [0.15, 0.2) is 5.78 Å². The van der Waals surface area contributed by atoms with Gasteiger partial charge in [0, 0.05) is 16.1 Å². The van der Waals surface area contributed by atoms with Gasteiger partial charge in [0.1, 0.15) is 6.54 Å². The van der Waals surface area contributed by atoms with E-state index in [4.69, 9.17) is 11.6 Å². The Hall–Kier alpha value is -2.53. The molecule has 116 valence electrons. The molecular weight excluding hydrogens is 312 g/mol. The number of tetrazole rings is 1. The molecule has 0 saturated heterocycles. The Balaban J connectivity index is 1.74. The topological polar surface area (TPSA) is 60.7 Å². The Morgan fingerprint density at radius 3 is 2.65 bits per heavy atom. The highest BCUT2D eigenvalue weighted by atomic mass is 35.5. The number of carbonyl (C=O) groups excluding carboxylic acids is 1. The fourth-order valence-corrected chi connectivity index (χ4v) is 2.39. The molecule has 2 aromatic carbocycles. The third-order valence-corrected chi connectivity index (χ3v) is 3.74. The zero-order valence-corrected chi connectivity index (χ0v) is 13.4. The number of ketones is 1. The summed E-state index contributed by atoms with van der Waals surface area (Å²) in [5.41, 5.74) is 2.61. The van der Waals surface area contributed by atoms with E-state index in [2.05, 4.69) is 22.3 Å². The van der Waals surface area contributed by atoms with Gasteiger partial charge >= 0.3 is 0 Å². The largest absolute Gasteiger partial charge is 0.292 e. The first kappa shape index (κ1) is 15.4. The SMILES string of the molecule is CCc1ccc(C(=O)Cn2nnc(-c3cccc(Cl)c3)n2)cc1. The van der Waals surface area contributed by atoms with E-state index in [9.17, 15) is 4.79 Å². The van der Waals surface area contributed by atoms with Crippen LogP contribution in [0, 0.1) is 0 Å². The van der Waals surface area contributed by atoms with Crippen molar-refractivity contribution in [3.05, 3.63) is 64.7 Å². The molecule has 0 fully saturated rings. The minimum absolute atomic E-state index is 0.0531. The van der Waals surface area contributed by atoms with Crippen LogP contribution in [0.1, 0.15) is 22.8 Å². The highest BCUT2D eigenvalue weighted by Gasteiger charge is 2.11. The molecule has 0 aliphatic heterocycles. The van der Waals surface area contributed by atoms with Crippen molar-refractivity contribution >= 4 is 17.4 Å². The Bertz CT molecular complexity index is 827. The summed E-state index contributed by atoms with van der Waals surface area (Å²) in [4.78, 5) is 13.6. The first-order valence-corrected chi connectivity index (χ1v) is 7.69. The number of carbonyl (C=O) groups is 1. The molecule has 0 amide bonds. The van der Waals surface area contributed by atoms with Crippen LogP contribution in [0.5, 0.6) is 0 Å². The number of rotatable bonds is 5. The lowest BCUT2D eigenvalue weighted by Crippen LogP contribution is -2.13. The summed E-state index contributed by atoms with van der Waals surface area (Å²) in [6.45, 7) is 2.13. The fourth-order valence-electron chi connectivity index (χ4n) is 2.20. The minimum atomic E-state index is -0.0531. The highest BCUT2D eigenvalue weighted by molar-refractivity contribution is 6.30. The summed E-state index contributed by atoms with van der Waals surface area (Å²) in [6.07, 6.45) is 0.947. The van der Waals surface area contributed by atoms with Crippen LogP contribution in [-0.4, -0.2) is 26.0 Å². The summed E-state index contributed by atoms with van der Waals surface area (Å²) in [7, 11) is 0. The molecule has 0 saturated carbocycles. The van der Waals surface area contributed by atoms with E-state index >= 15 is 0 Å². The molecule has 0 atom stereocenters. The summed E-state index contributed by atoms with van der Waals surface area (Å²) < 4.78 is 0. The van der Waals surface area contributed by atoms with Gasteiger partial charge in [-0.2, -0.15) is 4.80 Å². The summed E-state index contributed by atoms with van der Waals surface area (Å²) in [5, 5.41) is 12.7. The Morgan fingerprint density at radius 2 is 1.96 bits per heavy atom. The second-order valence-corrected chi connectivity index (χ2v) is 5.56. The molecule has 5 nitrogen and oxygen atoms in total. The van der Waals surface area contributed by atoms with Gasteiger partial charge in [-0.05, 0) is 29.3 Å². The monoisotopic (exact) mass is 326 g/mol. The predicted molar refractivity (Wildman–Crippen MR) is 88.4 cm³/mol. The standard InChI is InChI=1S/C17H15ClN4O/c1-2-12-6-8-13(9-7-12)16(23)11-22-20-17(19-21-22)14-4-3-5-15(18)10-14/h3-10H,2,11H2,1H3. The molecule has 6 heteroatoms. The molecule has 0 N–H and O–H groups in total. The van der Waals surface area contributed by atoms with Gasteiger partial charge in [0.25, 0.3) is 0 Å². The molecule has 0 spiro atoms.